The number of para-hydroxylation sites is 1. The monoisotopic (exact) mass is 381 g/mol. The van der Waals surface area contributed by atoms with Gasteiger partial charge in [-0.2, -0.15) is 5.10 Å². The number of methoxy groups -OCH3 is 1. The molecule has 1 saturated heterocycles. The quantitative estimate of drug-likeness (QED) is 0.625. The van der Waals surface area contributed by atoms with E-state index in [9.17, 15) is 0 Å². The Hall–Kier alpha value is -2.74. The van der Waals surface area contributed by atoms with Crippen molar-refractivity contribution in [1.29, 1.82) is 0 Å². The molecule has 3 aromatic rings. The van der Waals surface area contributed by atoms with Gasteiger partial charge in [0.1, 0.15) is 30.8 Å². The SMILES string of the molecule is CCn1c(Cn2cncn2)nnc1C1CCN(Cc2ccccc2OC)CC1. The van der Waals surface area contributed by atoms with Crippen LogP contribution in [-0.4, -0.2) is 54.6 Å². The summed E-state index contributed by atoms with van der Waals surface area (Å²) in [7, 11) is 1.74. The van der Waals surface area contributed by atoms with Crippen LogP contribution in [0.15, 0.2) is 36.9 Å². The number of benzene rings is 1. The highest BCUT2D eigenvalue weighted by Gasteiger charge is 2.26. The molecule has 1 aromatic carbocycles. The van der Waals surface area contributed by atoms with E-state index in [2.05, 4.69) is 48.8 Å². The van der Waals surface area contributed by atoms with E-state index in [1.54, 1.807) is 24.4 Å². The second-order valence-corrected chi connectivity index (χ2v) is 7.17. The second-order valence-electron chi connectivity index (χ2n) is 7.17. The smallest absolute Gasteiger partial charge is 0.154 e. The third kappa shape index (κ3) is 3.91. The van der Waals surface area contributed by atoms with Crippen LogP contribution in [0, 0.1) is 0 Å². The molecule has 8 nitrogen and oxygen atoms in total. The summed E-state index contributed by atoms with van der Waals surface area (Å²) < 4.78 is 9.52. The number of likely N-dealkylation sites (tertiary alicyclic amines) is 1. The van der Waals surface area contributed by atoms with Crippen LogP contribution in [0.3, 0.4) is 0 Å². The zero-order chi connectivity index (χ0) is 19.3. The molecule has 1 fully saturated rings. The third-order valence-electron chi connectivity index (χ3n) is 5.48. The summed E-state index contributed by atoms with van der Waals surface area (Å²) in [5, 5.41) is 13.2. The highest BCUT2D eigenvalue weighted by molar-refractivity contribution is 5.33. The van der Waals surface area contributed by atoms with Gasteiger partial charge in [-0.05, 0) is 38.9 Å². The Kier molecular flexibility index (Phi) is 5.66. The molecule has 1 aliphatic rings. The van der Waals surface area contributed by atoms with Crippen molar-refractivity contribution in [2.45, 2.75) is 45.3 Å². The Labute approximate surface area is 165 Å². The van der Waals surface area contributed by atoms with E-state index in [1.807, 2.05) is 12.1 Å². The Morgan fingerprint density at radius 3 is 2.64 bits per heavy atom. The van der Waals surface area contributed by atoms with Crippen LogP contribution in [0.5, 0.6) is 5.75 Å². The van der Waals surface area contributed by atoms with Gasteiger partial charge in [-0.1, -0.05) is 18.2 Å². The molecule has 0 saturated carbocycles. The molecule has 0 atom stereocenters. The van der Waals surface area contributed by atoms with Crippen LogP contribution in [0.25, 0.3) is 0 Å². The first kappa shape index (κ1) is 18.6. The zero-order valence-electron chi connectivity index (χ0n) is 16.5. The highest BCUT2D eigenvalue weighted by Crippen LogP contribution is 2.29. The largest absolute Gasteiger partial charge is 0.496 e. The molecular formula is C20H27N7O. The maximum Gasteiger partial charge on any atom is 0.154 e. The third-order valence-corrected chi connectivity index (χ3v) is 5.48. The van der Waals surface area contributed by atoms with Gasteiger partial charge in [-0.25, -0.2) is 9.67 Å². The molecule has 2 aromatic heterocycles. The standard InChI is InChI=1S/C20H27N7O/c1-3-27-19(13-26-15-21-14-22-26)23-24-20(27)16-8-10-25(11-9-16)12-17-6-4-5-7-18(17)28-2/h4-7,14-16H,3,8-13H2,1-2H3. The second kappa shape index (κ2) is 8.52. The molecule has 0 amide bonds. The van der Waals surface area contributed by atoms with Crippen molar-refractivity contribution in [3.05, 3.63) is 54.1 Å². The zero-order valence-corrected chi connectivity index (χ0v) is 16.5. The van der Waals surface area contributed by atoms with Crippen LogP contribution in [0.2, 0.25) is 0 Å². The van der Waals surface area contributed by atoms with Crippen LogP contribution < -0.4 is 4.74 Å². The normalized spacial score (nSPS) is 15.8. The number of piperidine rings is 1. The Morgan fingerprint density at radius 2 is 1.93 bits per heavy atom. The minimum Gasteiger partial charge on any atom is -0.496 e. The molecular weight excluding hydrogens is 354 g/mol. The number of aromatic nitrogens is 6. The van der Waals surface area contributed by atoms with Gasteiger partial charge in [0.2, 0.25) is 0 Å². The maximum atomic E-state index is 5.49. The van der Waals surface area contributed by atoms with Crippen molar-refractivity contribution in [2.75, 3.05) is 20.2 Å². The minimum absolute atomic E-state index is 0.450. The van der Waals surface area contributed by atoms with E-state index in [0.29, 0.717) is 12.5 Å². The number of hydrogen-bond acceptors (Lipinski definition) is 6. The van der Waals surface area contributed by atoms with Gasteiger partial charge in [0.15, 0.2) is 5.82 Å². The Balaban J connectivity index is 1.40. The predicted octanol–water partition coefficient (Wildman–Crippen LogP) is 2.33. The summed E-state index contributed by atoms with van der Waals surface area (Å²) in [6, 6.07) is 8.27. The molecule has 28 heavy (non-hydrogen) atoms. The fourth-order valence-electron chi connectivity index (χ4n) is 4.00. The first-order valence-electron chi connectivity index (χ1n) is 9.87. The topological polar surface area (TPSA) is 73.9 Å². The summed E-state index contributed by atoms with van der Waals surface area (Å²) >= 11 is 0. The molecule has 0 aliphatic carbocycles. The summed E-state index contributed by atoms with van der Waals surface area (Å²) in [5.41, 5.74) is 1.25. The average molecular weight is 381 g/mol. The van der Waals surface area contributed by atoms with Crippen molar-refractivity contribution in [3.63, 3.8) is 0 Å². The molecule has 0 bridgehead atoms. The Morgan fingerprint density at radius 1 is 1.11 bits per heavy atom. The van der Waals surface area contributed by atoms with Crippen molar-refractivity contribution >= 4 is 0 Å². The van der Waals surface area contributed by atoms with E-state index in [4.69, 9.17) is 4.74 Å². The van der Waals surface area contributed by atoms with Crippen LogP contribution in [0.4, 0.5) is 0 Å². The highest BCUT2D eigenvalue weighted by atomic mass is 16.5. The Bertz CT molecular complexity index is 882. The first-order valence-corrected chi connectivity index (χ1v) is 9.87. The molecule has 0 N–H and O–H groups in total. The minimum atomic E-state index is 0.450. The van der Waals surface area contributed by atoms with Crippen molar-refractivity contribution < 1.29 is 4.74 Å². The lowest BCUT2D eigenvalue weighted by atomic mass is 9.95. The number of nitrogens with zero attached hydrogens (tertiary/aromatic N) is 7. The summed E-state index contributed by atoms with van der Waals surface area (Å²) in [4.78, 5) is 6.50. The average Bonchev–Trinajstić information content (AvgIpc) is 3.39. The number of rotatable bonds is 7. The van der Waals surface area contributed by atoms with Crippen molar-refractivity contribution in [2.24, 2.45) is 0 Å². The summed E-state index contributed by atoms with van der Waals surface area (Å²) in [6.07, 6.45) is 5.45. The van der Waals surface area contributed by atoms with Gasteiger partial charge in [0.25, 0.3) is 0 Å². The van der Waals surface area contributed by atoms with Gasteiger partial charge < -0.3 is 9.30 Å². The molecule has 1 aliphatic heterocycles. The summed E-state index contributed by atoms with van der Waals surface area (Å²) in [6.45, 7) is 6.65. The van der Waals surface area contributed by atoms with Crippen molar-refractivity contribution in [3.8, 4) is 5.75 Å². The van der Waals surface area contributed by atoms with E-state index in [0.717, 1.165) is 56.4 Å². The van der Waals surface area contributed by atoms with Gasteiger partial charge in [0.05, 0.1) is 7.11 Å². The van der Waals surface area contributed by atoms with E-state index in [1.165, 1.54) is 5.56 Å². The molecule has 0 spiro atoms. The molecule has 0 radical (unpaired) electrons. The lowest BCUT2D eigenvalue weighted by Crippen LogP contribution is -2.33. The van der Waals surface area contributed by atoms with Crippen LogP contribution in [-0.2, 0) is 19.6 Å². The lowest BCUT2D eigenvalue weighted by Gasteiger charge is -2.32. The van der Waals surface area contributed by atoms with E-state index in [-0.39, 0.29) is 0 Å². The molecule has 8 heteroatoms. The molecule has 3 heterocycles. The first-order chi connectivity index (χ1) is 13.8. The van der Waals surface area contributed by atoms with Crippen LogP contribution >= 0.6 is 0 Å². The fraction of sp³-hybridized carbons (Fsp3) is 0.500. The number of hydrogen-bond donors (Lipinski definition) is 0. The molecule has 148 valence electrons. The fourth-order valence-corrected chi connectivity index (χ4v) is 4.00. The molecule has 0 unspecified atom stereocenters. The predicted molar refractivity (Wildman–Crippen MR) is 105 cm³/mol. The van der Waals surface area contributed by atoms with Crippen molar-refractivity contribution in [1.82, 2.24) is 34.4 Å². The van der Waals surface area contributed by atoms with E-state index < -0.39 is 0 Å². The van der Waals surface area contributed by atoms with Gasteiger partial charge >= 0.3 is 0 Å². The van der Waals surface area contributed by atoms with Gasteiger partial charge in [-0.3, -0.25) is 4.90 Å². The van der Waals surface area contributed by atoms with Gasteiger partial charge in [-0.15, -0.1) is 10.2 Å². The summed E-state index contributed by atoms with van der Waals surface area (Å²) in [5.74, 6) is 3.47. The van der Waals surface area contributed by atoms with E-state index >= 15 is 0 Å². The number of ether oxygens (including phenoxy) is 1. The van der Waals surface area contributed by atoms with Crippen LogP contribution in [0.1, 0.15) is 42.9 Å². The lowest BCUT2D eigenvalue weighted by molar-refractivity contribution is 0.198. The van der Waals surface area contributed by atoms with Gasteiger partial charge in [0, 0.05) is 24.6 Å². The molecule has 4 rings (SSSR count). The maximum absolute atomic E-state index is 5.49.